The molecule has 0 aromatic carbocycles. The molecule has 0 aliphatic heterocycles. The van der Waals surface area contributed by atoms with E-state index in [0.29, 0.717) is 0 Å². The largest absolute Gasteiger partial charge is 0.361 e. The van der Waals surface area contributed by atoms with Crippen LogP contribution >= 0.6 is 0 Å². The fourth-order valence-electron chi connectivity index (χ4n) is 0.856. The van der Waals surface area contributed by atoms with E-state index in [1.54, 1.807) is 6.20 Å². The Hall–Kier alpha value is -1.38. The first-order valence-corrected chi connectivity index (χ1v) is 4.35. The zero-order valence-electron chi connectivity index (χ0n) is 8.78. The van der Waals surface area contributed by atoms with Crippen molar-refractivity contribution >= 4 is 18.2 Å². The summed E-state index contributed by atoms with van der Waals surface area (Å²) in [5.41, 5.74) is 0.817. The molecule has 0 unspecified atom stereocenters. The van der Waals surface area contributed by atoms with Gasteiger partial charge >= 0.3 is 0 Å². The highest BCUT2D eigenvalue weighted by Crippen LogP contribution is 2.22. The lowest BCUT2D eigenvalue weighted by atomic mass is 10.4. The minimum Gasteiger partial charge on any atom is -0.361 e. The summed E-state index contributed by atoms with van der Waals surface area (Å²) in [5.74, 6) is 0.850. The summed E-state index contributed by atoms with van der Waals surface area (Å²) in [4.78, 5) is 9.89. The second-order valence-corrected chi connectivity index (χ2v) is 2.40. The van der Waals surface area contributed by atoms with Gasteiger partial charge < -0.3 is 4.90 Å². The summed E-state index contributed by atoms with van der Waals surface area (Å²) in [7, 11) is 3.86. The molecule has 1 aromatic rings. The molecule has 3 heteroatoms. The van der Waals surface area contributed by atoms with E-state index in [1.807, 2.05) is 45.0 Å². The summed E-state index contributed by atoms with van der Waals surface area (Å²) >= 11 is 0. The average molecular weight is 179 g/mol. The lowest BCUT2D eigenvalue weighted by Gasteiger charge is -2.12. The van der Waals surface area contributed by atoms with Crippen LogP contribution in [0.4, 0.5) is 11.5 Å². The van der Waals surface area contributed by atoms with Gasteiger partial charge in [-0.15, -0.1) is 0 Å². The lowest BCUT2D eigenvalue weighted by Crippen LogP contribution is -2.10. The molecule has 0 aliphatic rings. The zero-order valence-corrected chi connectivity index (χ0v) is 8.78. The molecule has 3 nitrogen and oxygen atoms in total. The Kier molecular flexibility index (Phi) is 5.52. The van der Waals surface area contributed by atoms with Crippen LogP contribution in [0, 0.1) is 0 Å². The predicted molar refractivity (Wildman–Crippen MR) is 59.1 cm³/mol. The van der Waals surface area contributed by atoms with E-state index in [-0.39, 0.29) is 0 Å². The SMILES string of the molecule is C=Nc1cccnc1N(C)C.CC. The van der Waals surface area contributed by atoms with Crippen LogP contribution in [0.25, 0.3) is 0 Å². The van der Waals surface area contributed by atoms with Crippen molar-refractivity contribution in [1.29, 1.82) is 0 Å². The topological polar surface area (TPSA) is 28.5 Å². The van der Waals surface area contributed by atoms with Crippen molar-refractivity contribution in [2.45, 2.75) is 13.8 Å². The van der Waals surface area contributed by atoms with Crippen LogP contribution in [0.5, 0.6) is 0 Å². The molecule has 1 aromatic heterocycles. The maximum atomic E-state index is 4.14. The maximum Gasteiger partial charge on any atom is 0.153 e. The molecule has 1 heterocycles. The third-order valence-corrected chi connectivity index (χ3v) is 1.36. The van der Waals surface area contributed by atoms with Crippen LogP contribution in [-0.4, -0.2) is 25.8 Å². The van der Waals surface area contributed by atoms with E-state index >= 15 is 0 Å². The van der Waals surface area contributed by atoms with Crippen LogP contribution in [0.3, 0.4) is 0 Å². The number of aromatic nitrogens is 1. The lowest BCUT2D eigenvalue weighted by molar-refractivity contribution is 1.07. The molecule has 0 atom stereocenters. The molecule has 0 N–H and O–H groups in total. The molecular weight excluding hydrogens is 162 g/mol. The molecule has 0 bridgehead atoms. The third kappa shape index (κ3) is 3.23. The molecule has 72 valence electrons. The number of rotatable bonds is 2. The highest BCUT2D eigenvalue weighted by atomic mass is 15.1. The Labute approximate surface area is 80.1 Å². The second kappa shape index (κ2) is 6.17. The first-order valence-electron chi connectivity index (χ1n) is 4.35. The standard InChI is InChI=1S/C8H11N3.C2H6/c1-9-7-5-4-6-10-8(7)11(2)3;1-2/h4-6H,1H2,2-3H3;1-2H3. The Balaban J connectivity index is 0.000000671. The molecule has 0 saturated carbocycles. The highest BCUT2D eigenvalue weighted by Gasteiger charge is 2.00. The Bertz CT molecular complexity index is 256. The van der Waals surface area contributed by atoms with Gasteiger partial charge in [-0.3, -0.25) is 4.99 Å². The van der Waals surface area contributed by atoms with Gasteiger partial charge in [0.2, 0.25) is 0 Å². The van der Waals surface area contributed by atoms with Crippen LogP contribution in [-0.2, 0) is 0 Å². The summed E-state index contributed by atoms with van der Waals surface area (Å²) < 4.78 is 0. The van der Waals surface area contributed by atoms with E-state index in [0.717, 1.165) is 11.5 Å². The highest BCUT2D eigenvalue weighted by molar-refractivity contribution is 5.63. The molecular formula is C10H17N3. The van der Waals surface area contributed by atoms with Gasteiger partial charge in [-0.2, -0.15) is 0 Å². The number of nitrogens with zero attached hydrogens (tertiary/aromatic N) is 3. The van der Waals surface area contributed by atoms with Gasteiger partial charge in [0.05, 0.1) is 0 Å². The first-order chi connectivity index (χ1) is 6.25. The fraction of sp³-hybridized carbons (Fsp3) is 0.400. The van der Waals surface area contributed by atoms with Crippen LogP contribution in [0.1, 0.15) is 13.8 Å². The van der Waals surface area contributed by atoms with E-state index in [4.69, 9.17) is 0 Å². The normalized spacial score (nSPS) is 8.31. The van der Waals surface area contributed by atoms with Crippen molar-refractivity contribution in [1.82, 2.24) is 4.98 Å². The average Bonchev–Trinajstić information content (AvgIpc) is 2.20. The number of aliphatic imine (C=N–C) groups is 1. The Morgan fingerprint density at radius 1 is 1.38 bits per heavy atom. The molecule has 0 aliphatic carbocycles. The molecule has 13 heavy (non-hydrogen) atoms. The van der Waals surface area contributed by atoms with Crippen LogP contribution < -0.4 is 4.90 Å². The number of anilines is 1. The van der Waals surface area contributed by atoms with Gasteiger partial charge in [0.1, 0.15) is 5.69 Å². The molecule has 0 saturated heterocycles. The molecule has 0 amide bonds. The Morgan fingerprint density at radius 2 is 2.00 bits per heavy atom. The third-order valence-electron chi connectivity index (χ3n) is 1.36. The molecule has 0 spiro atoms. The molecule has 0 fully saturated rings. The summed E-state index contributed by atoms with van der Waals surface area (Å²) in [5, 5.41) is 0. The molecule has 0 radical (unpaired) electrons. The summed E-state index contributed by atoms with van der Waals surface area (Å²) in [6, 6.07) is 3.73. The molecule has 1 rings (SSSR count). The van der Waals surface area contributed by atoms with Gasteiger partial charge in [-0.1, -0.05) is 13.8 Å². The van der Waals surface area contributed by atoms with E-state index in [1.165, 1.54) is 0 Å². The van der Waals surface area contributed by atoms with Crippen LogP contribution in [0.15, 0.2) is 23.3 Å². The van der Waals surface area contributed by atoms with Crippen molar-refractivity contribution in [2.75, 3.05) is 19.0 Å². The monoisotopic (exact) mass is 179 g/mol. The van der Waals surface area contributed by atoms with Crippen LogP contribution in [0.2, 0.25) is 0 Å². The van der Waals surface area contributed by atoms with Crippen molar-refractivity contribution in [2.24, 2.45) is 4.99 Å². The minimum absolute atomic E-state index is 0.817. The van der Waals surface area contributed by atoms with Crippen molar-refractivity contribution in [3.8, 4) is 0 Å². The smallest absolute Gasteiger partial charge is 0.153 e. The van der Waals surface area contributed by atoms with Crippen molar-refractivity contribution in [3.05, 3.63) is 18.3 Å². The van der Waals surface area contributed by atoms with E-state index < -0.39 is 0 Å². The second-order valence-electron chi connectivity index (χ2n) is 2.40. The van der Waals surface area contributed by atoms with Gasteiger partial charge in [0, 0.05) is 20.3 Å². The van der Waals surface area contributed by atoms with Gasteiger partial charge in [-0.25, -0.2) is 4.98 Å². The van der Waals surface area contributed by atoms with Crippen molar-refractivity contribution < 1.29 is 0 Å². The first kappa shape index (κ1) is 11.6. The van der Waals surface area contributed by atoms with E-state index in [9.17, 15) is 0 Å². The number of pyridine rings is 1. The summed E-state index contributed by atoms with van der Waals surface area (Å²) in [6.07, 6.45) is 1.74. The minimum atomic E-state index is 0.817. The fourth-order valence-corrected chi connectivity index (χ4v) is 0.856. The quantitative estimate of drug-likeness (QED) is 0.652. The Morgan fingerprint density at radius 3 is 2.38 bits per heavy atom. The van der Waals surface area contributed by atoms with Crippen molar-refractivity contribution in [3.63, 3.8) is 0 Å². The maximum absolute atomic E-state index is 4.14. The predicted octanol–water partition coefficient (Wildman–Crippen LogP) is 2.51. The van der Waals surface area contributed by atoms with Gasteiger partial charge in [0.15, 0.2) is 5.82 Å². The van der Waals surface area contributed by atoms with Gasteiger partial charge in [0.25, 0.3) is 0 Å². The summed E-state index contributed by atoms with van der Waals surface area (Å²) in [6.45, 7) is 7.46. The van der Waals surface area contributed by atoms with E-state index in [2.05, 4.69) is 16.7 Å². The van der Waals surface area contributed by atoms with Gasteiger partial charge in [-0.05, 0) is 18.9 Å². The number of hydrogen-bond acceptors (Lipinski definition) is 3. The number of hydrogen-bond donors (Lipinski definition) is 0. The zero-order chi connectivity index (χ0) is 10.3.